The topological polar surface area (TPSA) is 53.5 Å². The van der Waals surface area contributed by atoms with Crippen LogP contribution >= 0.6 is 22.7 Å². The fourth-order valence-corrected chi connectivity index (χ4v) is 22.6. The zero-order chi connectivity index (χ0) is 81.9. The van der Waals surface area contributed by atoms with E-state index in [1.54, 1.807) is 0 Å². The van der Waals surface area contributed by atoms with Crippen molar-refractivity contribution < 1.29 is 0 Å². The molecule has 26 rings (SSSR count). The van der Waals surface area contributed by atoms with Gasteiger partial charge in [0.05, 0.1) is 33.1 Å². The molecule has 0 saturated heterocycles. The summed E-state index contributed by atoms with van der Waals surface area (Å²) in [6.07, 6.45) is 0. The Hall–Kier alpha value is -16.0. The average Bonchev–Trinajstić information content (AvgIpc) is 1.67. The maximum absolute atomic E-state index is 5.54. The van der Waals surface area contributed by atoms with Gasteiger partial charge < -0.3 is 9.13 Å². The summed E-state index contributed by atoms with van der Waals surface area (Å²) in [5.41, 5.74) is 27.0. The number of thiophene rings is 2. The molecule has 125 heavy (non-hydrogen) atoms. The predicted molar refractivity (Wildman–Crippen MR) is 530 cm³/mol. The third-order valence-corrected chi connectivity index (χ3v) is 28.3. The lowest BCUT2D eigenvalue weighted by atomic mass is 9.90. The lowest BCUT2D eigenvalue weighted by Crippen LogP contribution is -2.06. The van der Waals surface area contributed by atoms with Gasteiger partial charge in [-0.25, -0.2) is 4.98 Å². The number of nitrogens with zero attached hydrogens (tertiary/aromatic N) is 6. The molecular formula is C117H70N6S2. The molecular weight excluding hydrogens is 1550 g/mol. The molecule has 20 aromatic carbocycles. The Morgan fingerprint density at radius 2 is 0.544 bits per heavy atom. The van der Waals surface area contributed by atoms with E-state index >= 15 is 0 Å². The van der Waals surface area contributed by atoms with E-state index in [4.69, 9.17) is 15.0 Å². The summed E-state index contributed by atoms with van der Waals surface area (Å²) in [5, 5.41) is 19.8. The van der Waals surface area contributed by atoms with Gasteiger partial charge in [0, 0.05) is 101 Å². The number of rotatable bonds is 12. The van der Waals surface area contributed by atoms with E-state index in [0.29, 0.717) is 17.6 Å². The fourth-order valence-electron chi connectivity index (χ4n) is 20.1. The maximum atomic E-state index is 5.54. The van der Waals surface area contributed by atoms with Gasteiger partial charge in [-0.1, -0.05) is 303 Å². The molecule has 0 bridgehead atoms. The summed E-state index contributed by atoms with van der Waals surface area (Å²) in [4.78, 5) is 16.3. The van der Waals surface area contributed by atoms with E-state index < -0.39 is 0 Å². The monoisotopic (exact) mass is 1620 g/mol. The number of fused-ring (bicyclic) bond motifs is 21. The highest BCUT2D eigenvalue weighted by Crippen LogP contribution is 2.51. The van der Waals surface area contributed by atoms with Crippen LogP contribution in [0.15, 0.2) is 425 Å². The molecule has 0 aliphatic carbocycles. The first kappa shape index (κ1) is 70.8. The number of hydrogen-bond acceptors (Lipinski definition) is 5. The lowest BCUT2D eigenvalue weighted by molar-refractivity contribution is 0.953. The summed E-state index contributed by atoms with van der Waals surface area (Å²) in [7, 11) is 0. The third-order valence-electron chi connectivity index (χ3n) is 25.9. The lowest BCUT2D eigenvalue weighted by Gasteiger charge is -2.14. The fraction of sp³-hybridized carbons (Fsp3) is 0. The van der Waals surface area contributed by atoms with Crippen LogP contribution in [-0.4, -0.2) is 28.7 Å². The molecule has 0 aliphatic rings. The zero-order valence-corrected chi connectivity index (χ0v) is 69.0. The molecule has 580 valence electrons. The summed E-state index contributed by atoms with van der Waals surface area (Å²) in [6, 6.07) is 156. The van der Waals surface area contributed by atoms with Crippen LogP contribution < -0.4 is 0 Å². The zero-order valence-electron chi connectivity index (χ0n) is 67.4. The SMILES string of the molecule is c1ccc(-c2nc(-c3cccc(-c4ccc(-n5c6ccccc6c6cc(-c7ccc8c(c7)c7ccccc7n8-c7ccccc7)ccc65)cc4)c3)nc(-n3c4ccccc4c4ccc(-c5cccc(-c6cc(-c7ccc(-c8cccc(-c9ccc%10c%11ccccc%11c%11ccccc%11c%10c9)c8)c8sc9ccccc9c78)cc7c6sc6ccccc67)c5)cc43)n2)cc1. The van der Waals surface area contributed by atoms with Crippen LogP contribution in [0.1, 0.15) is 0 Å². The Labute approximate surface area is 726 Å². The molecule has 0 saturated carbocycles. The highest BCUT2D eigenvalue weighted by molar-refractivity contribution is 7.27. The first-order valence-electron chi connectivity index (χ1n) is 42.6. The summed E-state index contributed by atoms with van der Waals surface area (Å²) >= 11 is 3.77. The van der Waals surface area contributed by atoms with E-state index in [1.165, 1.54) is 155 Å². The summed E-state index contributed by atoms with van der Waals surface area (Å²) in [5.74, 6) is 1.70. The van der Waals surface area contributed by atoms with E-state index in [2.05, 4.69) is 420 Å². The minimum atomic E-state index is 0.536. The van der Waals surface area contributed by atoms with Gasteiger partial charge >= 0.3 is 0 Å². The maximum Gasteiger partial charge on any atom is 0.238 e. The van der Waals surface area contributed by atoms with Gasteiger partial charge in [0.25, 0.3) is 0 Å². The van der Waals surface area contributed by atoms with Crippen LogP contribution in [-0.2, 0) is 0 Å². The van der Waals surface area contributed by atoms with E-state index in [0.717, 1.165) is 83.2 Å². The Morgan fingerprint density at radius 3 is 1.17 bits per heavy atom. The van der Waals surface area contributed by atoms with Crippen LogP contribution in [0.5, 0.6) is 0 Å². The summed E-state index contributed by atoms with van der Waals surface area (Å²) < 4.78 is 12.1. The van der Waals surface area contributed by atoms with Gasteiger partial charge in [0.1, 0.15) is 0 Å². The van der Waals surface area contributed by atoms with Gasteiger partial charge in [0.2, 0.25) is 5.95 Å². The van der Waals surface area contributed by atoms with Gasteiger partial charge in [-0.05, 0) is 226 Å². The number of para-hydroxylation sites is 4. The van der Waals surface area contributed by atoms with Gasteiger partial charge in [0.15, 0.2) is 11.6 Å². The van der Waals surface area contributed by atoms with E-state index in [9.17, 15) is 0 Å². The van der Waals surface area contributed by atoms with Crippen molar-refractivity contribution in [2.45, 2.75) is 0 Å². The van der Waals surface area contributed by atoms with Crippen molar-refractivity contribution in [1.29, 1.82) is 0 Å². The minimum Gasteiger partial charge on any atom is -0.309 e. The molecule has 6 nitrogen and oxygen atoms in total. The number of hydrogen-bond donors (Lipinski definition) is 0. The minimum absolute atomic E-state index is 0.536. The average molecular weight is 1620 g/mol. The second-order valence-electron chi connectivity index (χ2n) is 32.8. The second-order valence-corrected chi connectivity index (χ2v) is 34.9. The van der Waals surface area contributed by atoms with Crippen molar-refractivity contribution in [3.8, 4) is 118 Å². The number of aromatic nitrogens is 6. The van der Waals surface area contributed by atoms with Crippen LogP contribution in [0, 0.1) is 0 Å². The predicted octanol–water partition coefficient (Wildman–Crippen LogP) is 32.4. The van der Waals surface area contributed by atoms with Crippen LogP contribution in [0.2, 0.25) is 0 Å². The van der Waals surface area contributed by atoms with Crippen LogP contribution in [0.25, 0.3) is 256 Å². The Bertz CT molecular complexity index is 8960. The van der Waals surface area contributed by atoms with Gasteiger partial charge in [-0.2, -0.15) is 9.97 Å². The Kier molecular flexibility index (Phi) is 16.0. The van der Waals surface area contributed by atoms with Crippen molar-refractivity contribution in [2.24, 2.45) is 0 Å². The molecule has 26 aromatic rings. The van der Waals surface area contributed by atoms with Crippen LogP contribution in [0.3, 0.4) is 0 Å². The van der Waals surface area contributed by atoms with E-state index in [-0.39, 0.29) is 0 Å². The molecule has 0 aliphatic heterocycles. The standard InChI is InChI=1S/C117H70N6S2/c1-3-24-72(25-4-1)115-118-116(82-31-23-26-73(64-82)71-48-54-85(55-49-71)122-105-44-17-13-40-95(105)102-67-78(53-61-108(102)122)77-52-60-107-101(66-77)94-39-12-16-43-104(94)121(107)84-32-5-2-6-33-84)120-117(119-115)123-106-45-18-11-38-93(106)96-57-51-79(70-109(96)123)75-28-22-30-81(63-75)99-68-83(69-103-97-41-14-19-46-110(97)124-113(99)103)86-58-59-87(114-112(86)98-42-15-20-47-111(98)125-114)80-29-21-27-74(62-80)76-50-56-92-90-36-8-7-34-88(90)89-35-9-10-37-91(89)100(92)65-76/h1-70H. The van der Waals surface area contributed by atoms with Crippen molar-refractivity contribution in [1.82, 2.24) is 28.7 Å². The second kappa shape index (κ2) is 28.3. The van der Waals surface area contributed by atoms with Crippen molar-refractivity contribution >= 4 is 161 Å². The van der Waals surface area contributed by atoms with Gasteiger partial charge in [-0.15, -0.1) is 22.7 Å². The molecule has 8 heteroatoms. The summed E-state index contributed by atoms with van der Waals surface area (Å²) in [6.45, 7) is 0. The number of benzene rings is 20. The molecule has 0 radical (unpaired) electrons. The third kappa shape index (κ3) is 11.4. The van der Waals surface area contributed by atoms with Crippen molar-refractivity contribution in [3.63, 3.8) is 0 Å². The molecule has 0 N–H and O–H groups in total. The molecule has 6 heterocycles. The molecule has 0 atom stereocenters. The molecule has 0 unspecified atom stereocenters. The van der Waals surface area contributed by atoms with Crippen molar-refractivity contribution in [3.05, 3.63) is 425 Å². The Morgan fingerprint density at radius 1 is 0.168 bits per heavy atom. The first-order chi connectivity index (χ1) is 61.9. The smallest absolute Gasteiger partial charge is 0.238 e. The molecule has 6 aromatic heterocycles. The normalized spacial score (nSPS) is 12.0. The molecule has 0 fully saturated rings. The van der Waals surface area contributed by atoms with E-state index in [1.807, 2.05) is 40.9 Å². The highest BCUT2D eigenvalue weighted by Gasteiger charge is 2.25. The molecule has 0 spiro atoms. The van der Waals surface area contributed by atoms with Gasteiger partial charge in [-0.3, -0.25) is 4.57 Å². The van der Waals surface area contributed by atoms with Crippen molar-refractivity contribution in [2.75, 3.05) is 0 Å². The quantitative estimate of drug-likeness (QED) is 0.115. The Balaban J connectivity index is 0.553. The highest BCUT2D eigenvalue weighted by atomic mass is 32.1. The van der Waals surface area contributed by atoms with Crippen LogP contribution in [0.4, 0.5) is 0 Å². The first-order valence-corrected chi connectivity index (χ1v) is 44.2. The largest absolute Gasteiger partial charge is 0.309 e. The molecule has 0 amide bonds.